The summed E-state index contributed by atoms with van der Waals surface area (Å²) in [5.41, 5.74) is 0. The average Bonchev–Trinajstić information content (AvgIpc) is 3.35. The molecule has 2 atom stereocenters. The number of esters is 1. The third-order valence-corrected chi connectivity index (χ3v) is 14.8. The van der Waals surface area contributed by atoms with Gasteiger partial charge in [-0.05, 0) is 51.4 Å². The fourth-order valence-electron chi connectivity index (χ4n) is 9.99. The Morgan fingerprint density at radius 3 is 1.03 bits per heavy atom. The van der Waals surface area contributed by atoms with Crippen molar-refractivity contribution in [2.45, 2.75) is 366 Å². The Morgan fingerprint density at radius 2 is 0.681 bits per heavy atom. The minimum Gasteiger partial charge on any atom is -0.466 e. The number of aliphatic hydroxyl groups excluding tert-OH is 2. The molecule has 69 heavy (non-hydrogen) atoms. The molecule has 0 fully saturated rings. The third kappa shape index (κ3) is 55.8. The molecule has 0 saturated heterocycles. The average molecular weight is 975 g/mol. The van der Waals surface area contributed by atoms with Crippen LogP contribution in [0.1, 0.15) is 354 Å². The number of carbonyl (C=O) groups excluding carboxylic acids is 2. The summed E-state index contributed by atoms with van der Waals surface area (Å²) in [5, 5.41) is 23.2. The molecule has 0 aromatic rings. The molecular weight excluding hydrogens is 851 g/mol. The van der Waals surface area contributed by atoms with E-state index in [2.05, 4.69) is 31.3 Å². The highest BCUT2D eigenvalue weighted by Gasteiger charge is 2.20. The first-order valence-electron chi connectivity index (χ1n) is 31.4. The molecule has 3 N–H and O–H groups in total. The molecule has 0 bridgehead atoms. The first kappa shape index (κ1) is 67.6. The summed E-state index contributed by atoms with van der Waals surface area (Å²) >= 11 is 0. The number of rotatable bonds is 59. The monoisotopic (exact) mass is 974 g/mol. The van der Waals surface area contributed by atoms with Gasteiger partial charge in [-0.15, -0.1) is 0 Å². The lowest BCUT2D eigenvalue weighted by Crippen LogP contribution is -2.45. The van der Waals surface area contributed by atoms with Crippen LogP contribution in [-0.4, -0.2) is 47.4 Å². The lowest BCUT2D eigenvalue weighted by atomic mass is 10.0. The number of unbranched alkanes of at least 4 members (excludes halogenated alkanes) is 46. The highest BCUT2D eigenvalue weighted by Crippen LogP contribution is 2.18. The molecule has 0 rings (SSSR count). The molecule has 0 aliphatic carbocycles. The maximum Gasteiger partial charge on any atom is 0.305 e. The summed E-state index contributed by atoms with van der Waals surface area (Å²) in [4.78, 5) is 24.5. The van der Waals surface area contributed by atoms with Crippen LogP contribution in [-0.2, 0) is 14.3 Å². The molecule has 0 heterocycles. The van der Waals surface area contributed by atoms with Crippen LogP contribution in [0.3, 0.4) is 0 Å². The van der Waals surface area contributed by atoms with Gasteiger partial charge in [0.15, 0.2) is 0 Å². The molecule has 0 spiro atoms. The smallest absolute Gasteiger partial charge is 0.305 e. The van der Waals surface area contributed by atoms with Crippen molar-refractivity contribution in [1.82, 2.24) is 5.32 Å². The van der Waals surface area contributed by atoms with Crippen molar-refractivity contribution in [2.24, 2.45) is 0 Å². The summed E-state index contributed by atoms with van der Waals surface area (Å²) in [5.74, 6) is -0.0223. The van der Waals surface area contributed by atoms with Gasteiger partial charge in [-0.2, -0.15) is 0 Å². The molecule has 0 radical (unpaired) electrons. The Balaban J connectivity index is 3.32. The summed E-state index contributed by atoms with van der Waals surface area (Å²) in [6.07, 6.45) is 70.9. The van der Waals surface area contributed by atoms with Gasteiger partial charge >= 0.3 is 5.97 Å². The van der Waals surface area contributed by atoms with Gasteiger partial charge in [0.05, 0.1) is 25.4 Å². The summed E-state index contributed by atoms with van der Waals surface area (Å²) in [7, 11) is 0. The maximum absolute atomic E-state index is 12.4. The van der Waals surface area contributed by atoms with Crippen LogP contribution in [0.15, 0.2) is 12.2 Å². The van der Waals surface area contributed by atoms with E-state index in [-0.39, 0.29) is 18.5 Å². The number of allylic oxidation sites excluding steroid dienone is 2. The minimum absolute atomic E-state index is 0.00986. The molecule has 0 aromatic carbocycles. The first-order chi connectivity index (χ1) is 34.0. The predicted octanol–water partition coefficient (Wildman–Crippen LogP) is 19.6. The van der Waals surface area contributed by atoms with Crippen molar-refractivity contribution in [3.63, 3.8) is 0 Å². The van der Waals surface area contributed by atoms with E-state index in [1.807, 2.05) is 0 Å². The van der Waals surface area contributed by atoms with E-state index in [1.54, 1.807) is 0 Å². The second kappa shape index (κ2) is 59.2. The normalized spacial score (nSPS) is 12.6. The predicted molar refractivity (Wildman–Crippen MR) is 301 cm³/mol. The van der Waals surface area contributed by atoms with E-state index in [0.29, 0.717) is 25.9 Å². The van der Waals surface area contributed by atoms with Gasteiger partial charge in [-0.3, -0.25) is 9.59 Å². The van der Waals surface area contributed by atoms with Crippen molar-refractivity contribution in [3.8, 4) is 0 Å². The van der Waals surface area contributed by atoms with Gasteiger partial charge in [-0.1, -0.05) is 302 Å². The molecular formula is C63H123NO5. The van der Waals surface area contributed by atoms with Crippen LogP contribution in [0, 0.1) is 0 Å². The molecule has 410 valence electrons. The SMILES string of the molecule is CCCCCCCC/C=C\CCCCCCCC(=O)OCCCCCCCCCCCCCCCCCCCCCCCCCCCCC(=O)NC(CO)C(O)CCCCCCCCCCCCC. The fraction of sp³-hybridized carbons (Fsp3) is 0.937. The Morgan fingerprint density at radius 1 is 0.391 bits per heavy atom. The number of aliphatic hydroxyl groups is 2. The Labute approximate surface area is 431 Å². The van der Waals surface area contributed by atoms with Crippen molar-refractivity contribution >= 4 is 11.9 Å². The van der Waals surface area contributed by atoms with E-state index in [0.717, 1.165) is 44.9 Å². The van der Waals surface area contributed by atoms with Crippen molar-refractivity contribution < 1.29 is 24.5 Å². The minimum atomic E-state index is -0.660. The Bertz CT molecular complexity index is 1030. The van der Waals surface area contributed by atoms with Crippen molar-refractivity contribution in [3.05, 3.63) is 12.2 Å². The molecule has 6 nitrogen and oxygen atoms in total. The number of hydrogen-bond donors (Lipinski definition) is 3. The van der Waals surface area contributed by atoms with Gasteiger partial charge in [0, 0.05) is 12.8 Å². The standard InChI is InChI=1S/C63H123NO5/c1-3-5-7-9-11-13-15-16-29-33-37-41-45-49-53-57-63(68)69-58-54-50-46-42-38-34-31-28-26-24-22-20-18-17-19-21-23-25-27-30-32-36-40-44-48-52-56-62(67)64-60(59-65)61(66)55-51-47-43-39-35-14-12-10-8-6-4-2/h16,29,60-61,65-66H,3-15,17-28,30-59H2,1-2H3,(H,64,67)/b29-16-. The van der Waals surface area contributed by atoms with Gasteiger partial charge < -0.3 is 20.3 Å². The van der Waals surface area contributed by atoms with Crippen molar-refractivity contribution in [2.75, 3.05) is 13.2 Å². The van der Waals surface area contributed by atoms with Crippen molar-refractivity contribution in [1.29, 1.82) is 0 Å². The van der Waals surface area contributed by atoms with Crippen LogP contribution >= 0.6 is 0 Å². The second-order valence-electron chi connectivity index (χ2n) is 21.7. The van der Waals surface area contributed by atoms with Gasteiger partial charge in [0.1, 0.15) is 0 Å². The second-order valence-corrected chi connectivity index (χ2v) is 21.7. The number of hydrogen-bond acceptors (Lipinski definition) is 5. The van der Waals surface area contributed by atoms with Crippen LogP contribution in [0.4, 0.5) is 0 Å². The van der Waals surface area contributed by atoms with Gasteiger partial charge in [0.2, 0.25) is 5.91 Å². The number of nitrogens with one attached hydrogen (secondary N) is 1. The zero-order valence-electron chi connectivity index (χ0n) is 46.8. The maximum atomic E-state index is 12.4. The van der Waals surface area contributed by atoms with E-state index in [1.165, 1.54) is 276 Å². The Hall–Kier alpha value is -1.40. The van der Waals surface area contributed by atoms with Crippen LogP contribution in [0.5, 0.6) is 0 Å². The first-order valence-corrected chi connectivity index (χ1v) is 31.4. The molecule has 0 aromatic heterocycles. The number of amides is 1. The highest BCUT2D eigenvalue weighted by atomic mass is 16.5. The quantitative estimate of drug-likeness (QED) is 0.0321. The summed E-state index contributed by atoms with van der Waals surface area (Å²) < 4.78 is 5.49. The van der Waals surface area contributed by atoms with Crippen LogP contribution in [0.25, 0.3) is 0 Å². The molecule has 1 amide bonds. The fourth-order valence-corrected chi connectivity index (χ4v) is 9.99. The topological polar surface area (TPSA) is 95.9 Å². The molecule has 0 aliphatic heterocycles. The zero-order valence-corrected chi connectivity index (χ0v) is 46.8. The zero-order chi connectivity index (χ0) is 50.0. The largest absolute Gasteiger partial charge is 0.466 e. The van der Waals surface area contributed by atoms with Crippen LogP contribution < -0.4 is 5.32 Å². The van der Waals surface area contributed by atoms with E-state index in [4.69, 9.17) is 4.74 Å². The lowest BCUT2D eigenvalue weighted by Gasteiger charge is -2.22. The summed E-state index contributed by atoms with van der Waals surface area (Å²) in [6.45, 7) is 4.96. The highest BCUT2D eigenvalue weighted by molar-refractivity contribution is 5.76. The van der Waals surface area contributed by atoms with Crippen LogP contribution in [0.2, 0.25) is 0 Å². The summed E-state index contributed by atoms with van der Waals surface area (Å²) in [6, 6.07) is -0.537. The van der Waals surface area contributed by atoms with E-state index in [9.17, 15) is 19.8 Å². The molecule has 6 heteroatoms. The number of ether oxygens (including phenoxy) is 1. The molecule has 0 aliphatic rings. The molecule has 2 unspecified atom stereocenters. The van der Waals surface area contributed by atoms with E-state index < -0.39 is 12.1 Å². The Kier molecular flexibility index (Phi) is 58.0. The van der Waals surface area contributed by atoms with Gasteiger partial charge in [-0.25, -0.2) is 0 Å². The lowest BCUT2D eigenvalue weighted by molar-refractivity contribution is -0.143. The van der Waals surface area contributed by atoms with E-state index >= 15 is 0 Å². The number of carbonyl (C=O) groups is 2. The molecule has 0 saturated carbocycles. The van der Waals surface area contributed by atoms with Gasteiger partial charge in [0.25, 0.3) is 0 Å². The third-order valence-electron chi connectivity index (χ3n) is 14.8.